The maximum absolute atomic E-state index is 12.9. The van der Waals surface area contributed by atoms with Gasteiger partial charge in [0.1, 0.15) is 28.9 Å². The number of benzene rings is 2. The highest BCUT2D eigenvalue weighted by molar-refractivity contribution is 7.92. The van der Waals surface area contributed by atoms with Gasteiger partial charge in [0.05, 0.1) is 28.6 Å². The summed E-state index contributed by atoms with van der Waals surface area (Å²) in [5, 5.41) is 5.58. The number of nitrogens with one attached hydrogen (secondary N) is 2. The second-order valence-corrected chi connectivity index (χ2v) is 12.0. The molecule has 204 valence electrons. The molecule has 1 saturated heterocycles. The summed E-state index contributed by atoms with van der Waals surface area (Å²) >= 11 is 6.39. The summed E-state index contributed by atoms with van der Waals surface area (Å²) in [6.07, 6.45) is 2.48. The van der Waals surface area contributed by atoms with E-state index in [9.17, 15) is 8.42 Å². The Morgan fingerprint density at radius 3 is 2.53 bits per heavy atom. The number of nitrogens with two attached hydrogens (primary N) is 1. The lowest BCUT2D eigenvalue weighted by molar-refractivity contribution is 0.237. The molecule has 4 rings (SSSR count). The Balaban J connectivity index is 1.54. The van der Waals surface area contributed by atoms with Crippen LogP contribution < -0.4 is 25.8 Å². The number of para-hydroxylation sites is 1. The van der Waals surface area contributed by atoms with Crippen LogP contribution in [0.1, 0.15) is 26.7 Å². The molecular formula is C26H33ClN6O4S. The standard InChI is InChI=1S/C26H33ClN6O4S/c1-17(2)38(34,35)22-9-5-4-8-20(22)29-25-23(27)24(28)31-26(32-25)30-19-11-10-18(16-21(19)36-3)37-15-14-33-12-6-7-13-33/h4-5,8-11,16-17H,6-7,12-15H2,1-3H3,(H4,28,29,30,31,32). The zero-order chi connectivity index (χ0) is 27.3. The number of anilines is 5. The van der Waals surface area contributed by atoms with E-state index >= 15 is 0 Å². The van der Waals surface area contributed by atoms with Gasteiger partial charge in [0.25, 0.3) is 0 Å². The lowest BCUT2D eigenvalue weighted by Gasteiger charge is -2.17. The number of sulfone groups is 1. The first-order valence-electron chi connectivity index (χ1n) is 12.4. The van der Waals surface area contributed by atoms with E-state index in [4.69, 9.17) is 26.8 Å². The highest BCUT2D eigenvalue weighted by atomic mass is 35.5. The number of halogens is 1. The molecular weight excluding hydrogens is 528 g/mol. The number of nitrogen functional groups attached to an aromatic ring is 1. The van der Waals surface area contributed by atoms with Gasteiger partial charge in [0.2, 0.25) is 5.95 Å². The number of hydrogen-bond acceptors (Lipinski definition) is 10. The molecule has 1 aliphatic rings. The monoisotopic (exact) mass is 560 g/mol. The second-order valence-electron chi connectivity index (χ2n) is 9.19. The topological polar surface area (TPSA) is 132 Å². The average Bonchev–Trinajstić information content (AvgIpc) is 3.41. The van der Waals surface area contributed by atoms with Gasteiger partial charge in [-0.1, -0.05) is 23.7 Å². The van der Waals surface area contributed by atoms with Crippen molar-refractivity contribution in [1.29, 1.82) is 0 Å². The van der Waals surface area contributed by atoms with Crippen molar-refractivity contribution in [1.82, 2.24) is 14.9 Å². The summed E-state index contributed by atoms with van der Waals surface area (Å²) in [4.78, 5) is 11.2. The Kier molecular flexibility index (Phi) is 8.80. The molecule has 0 unspecified atom stereocenters. The van der Waals surface area contributed by atoms with E-state index in [1.54, 1.807) is 51.3 Å². The van der Waals surface area contributed by atoms with Crippen LogP contribution in [0, 0.1) is 0 Å². The molecule has 0 spiro atoms. The molecule has 1 aliphatic heterocycles. The Hall–Kier alpha value is -3.28. The van der Waals surface area contributed by atoms with Crippen molar-refractivity contribution < 1.29 is 17.9 Å². The summed E-state index contributed by atoms with van der Waals surface area (Å²) in [6.45, 7) is 6.97. The third-order valence-corrected chi connectivity index (χ3v) is 8.82. The van der Waals surface area contributed by atoms with Gasteiger partial charge in [0, 0.05) is 12.6 Å². The fourth-order valence-corrected chi connectivity index (χ4v) is 5.42. The third kappa shape index (κ3) is 6.40. The second kappa shape index (κ2) is 12.1. The fraction of sp³-hybridized carbons (Fsp3) is 0.385. The molecule has 38 heavy (non-hydrogen) atoms. The molecule has 2 heterocycles. The minimum absolute atomic E-state index is 0.0247. The molecule has 12 heteroatoms. The molecule has 0 atom stereocenters. The molecule has 0 saturated carbocycles. The normalized spacial score (nSPS) is 14.0. The molecule has 10 nitrogen and oxygen atoms in total. The summed E-state index contributed by atoms with van der Waals surface area (Å²) in [5.74, 6) is 1.56. The van der Waals surface area contributed by atoms with Crippen molar-refractivity contribution in [3.05, 3.63) is 47.5 Å². The van der Waals surface area contributed by atoms with Crippen LogP contribution in [0.2, 0.25) is 5.02 Å². The van der Waals surface area contributed by atoms with Crippen LogP contribution in [0.5, 0.6) is 11.5 Å². The average molecular weight is 561 g/mol. The largest absolute Gasteiger partial charge is 0.494 e. The van der Waals surface area contributed by atoms with Gasteiger partial charge in [-0.15, -0.1) is 0 Å². The van der Waals surface area contributed by atoms with Gasteiger partial charge in [-0.3, -0.25) is 4.90 Å². The van der Waals surface area contributed by atoms with Gasteiger partial charge in [-0.2, -0.15) is 9.97 Å². The van der Waals surface area contributed by atoms with E-state index in [-0.39, 0.29) is 27.5 Å². The Morgan fingerprint density at radius 1 is 1.08 bits per heavy atom. The first-order valence-corrected chi connectivity index (χ1v) is 14.3. The van der Waals surface area contributed by atoms with Gasteiger partial charge in [0.15, 0.2) is 15.7 Å². The van der Waals surface area contributed by atoms with Crippen LogP contribution in [0.4, 0.5) is 29.0 Å². The highest BCUT2D eigenvalue weighted by Crippen LogP contribution is 2.35. The minimum Gasteiger partial charge on any atom is -0.494 e. The van der Waals surface area contributed by atoms with Crippen LogP contribution in [-0.2, 0) is 9.84 Å². The van der Waals surface area contributed by atoms with Gasteiger partial charge in [-0.05, 0) is 64.0 Å². The molecule has 3 aromatic rings. The number of nitrogens with zero attached hydrogens (tertiary/aromatic N) is 3. The van der Waals surface area contributed by atoms with Gasteiger partial charge in [-0.25, -0.2) is 8.42 Å². The summed E-state index contributed by atoms with van der Waals surface area (Å²) in [7, 11) is -2.00. The first kappa shape index (κ1) is 27.7. The van der Waals surface area contributed by atoms with Crippen molar-refractivity contribution in [3.63, 3.8) is 0 Å². The number of likely N-dealkylation sites (tertiary alicyclic amines) is 1. The van der Waals surface area contributed by atoms with Crippen LogP contribution >= 0.6 is 11.6 Å². The number of aromatic nitrogens is 2. The molecule has 1 fully saturated rings. The van der Waals surface area contributed by atoms with Gasteiger partial charge < -0.3 is 25.8 Å². The minimum atomic E-state index is -3.56. The Morgan fingerprint density at radius 2 is 1.82 bits per heavy atom. The number of methoxy groups -OCH3 is 1. The van der Waals surface area contributed by atoms with Crippen molar-refractivity contribution >= 4 is 50.4 Å². The van der Waals surface area contributed by atoms with E-state index in [1.165, 1.54) is 18.9 Å². The van der Waals surface area contributed by atoms with Crippen molar-refractivity contribution in [3.8, 4) is 11.5 Å². The van der Waals surface area contributed by atoms with Crippen molar-refractivity contribution in [2.75, 3.05) is 49.7 Å². The summed E-state index contributed by atoms with van der Waals surface area (Å²) < 4.78 is 37.2. The molecule has 1 aromatic heterocycles. The third-order valence-electron chi connectivity index (χ3n) is 6.24. The molecule has 0 bridgehead atoms. The van der Waals surface area contributed by atoms with Crippen LogP contribution in [0.3, 0.4) is 0 Å². The lowest BCUT2D eigenvalue weighted by Crippen LogP contribution is -2.25. The maximum Gasteiger partial charge on any atom is 0.231 e. The number of ether oxygens (including phenoxy) is 2. The molecule has 2 aromatic carbocycles. The lowest BCUT2D eigenvalue weighted by atomic mass is 10.2. The first-order chi connectivity index (χ1) is 18.2. The van der Waals surface area contributed by atoms with Crippen molar-refractivity contribution in [2.24, 2.45) is 0 Å². The summed E-state index contributed by atoms with van der Waals surface area (Å²) in [5.41, 5.74) is 6.99. The predicted octanol–water partition coefficient (Wildman–Crippen LogP) is 4.86. The van der Waals surface area contributed by atoms with E-state index < -0.39 is 15.1 Å². The number of hydrogen-bond donors (Lipinski definition) is 3. The maximum atomic E-state index is 12.9. The van der Waals surface area contributed by atoms with Crippen LogP contribution in [-0.4, -0.2) is 61.9 Å². The number of rotatable bonds is 11. The zero-order valence-corrected chi connectivity index (χ0v) is 23.3. The van der Waals surface area contributed by atoms with Crippen LogP contribution in [0.15, 0.2) is 47.4 Å². The fourth-order valence-electron chi connectivity index (χ4n) is 4.09. The predicted molar refractivity (Wildman–Crippen MR) is 151 cm³/mol. The molecule has 4 N–H and O–H groups in total. The summed E-state index contributed by atoms with van der Waals surface area (Å²) in [6, 6.07) is 12.0. The Bertz CT molecular complexity index is 1380. The van der Waals surface area contributed by atoms with Crippen LogP contribution in [0.25, 0.3) is 0 Å². The van der Waals surface area contributed by atoms with E-state index in [0.29, 0.717) is 29.5 Å². The van der Waals surface area contributed by atoms with E-state index in [0.717, 1.165) is 19.6 Å². The highest BCUT2D eigenvalue weighted by Gasteiger charge is 2.23. The van der Waals surface area contributed by atoms with Gasteiger partial charge >= 0.3 is 0 Å². The molecule has 0 aliphatic carbocycles. The molecule has 0 radical (unpaired) electrons. The van der Waals surface area contributed by atoms with E-state index in [2.05, 4.69) is 25.5 Å². The zero-order valence-electron chi connectivity index (χ0n) is 21.7. The SMILES string of the molecule is COc1cc(OCCN2CCCC2)ccc1Nc1nc(N)c(Cl)c(Nc2ccccc2S(=O)(=O)C(C)C)n1. The Labute approximate surface area is 228 Å². The quantitative estimate of drug-likeness (QED) is 0.298. The van der Waals surface area contributed by atoms with Crippen molar-refractivity contribution in [2.45, 2.75) is 36.8 Å². The molecule has 0 amide bonds. The smallest absolute Gasteiger partial charge is 0.231 e. The van der Waals surface area contributed by atoms with E-state index in [1.807, 2.05) is 6.07 Å².